The minimum atomic E-state index is -0.760. The molecule has 0 aliphatic carbocycles. The van der Waals surface area contributed by atoms with E-state index in [0.717, 1.165) is 12.1 Å². The molecule has 19 heavy (non-hydrogen) atoms. The van der Waals surface area contributed by atoms with E-state index in [-0.39, 0.29) is 24.9 Å². The first kappa shape index (κ1) is 15.2. The van der Waals surface area contributed by atoms with Gasteiger partial charge >= 0.3 is 6.03 Å². The Bertz CT molecular complexity index is 425. The van der Waals surface area contributed by atoms with Gasteiger partial charge in [-0.3, -0.25) is 0 Å². The lowest BCUT2D eigenvalue weighted by Gasteiger charge is -2.10. The number of ether oxygens (including phenoxy) is 1. The van der Waals surface area contributed by atoms with Crippen molar-refractivity contribution < 1.29 is 18.3 Å². The smallest absolute Gasteiger partial charge is 0.314 e. The van der Waals surface area contributed by atoms with Gasteiger partial charge < -0.3 is 15.4 Å². The van der Waals surface area contributed by atoms with Gasteiger partial charge in [0.25, 0.3) is 0 Å². The number of rotatable bonds is 6. The predicted octanol–water partition coefficient (Wildman–Crippen LogP) is 2.30. The highest BCUT2D eigenvalue weighted by molar-refractivity contribution is 5.73. The molecule has 2 amide bonds. The molecular weight excluding hydrogens is 254 g/mol. The number of nitrogens with one attached hydrogen (secondary N) is 2. The first-order valence-electron chi connectivity index (χ1n) is 6.08. The Morgan fingerprint density at radius 3 is 2.68 bits per heavy atom. The predicted molar refractivity (Wildman–Crippen MR) is 68.1 cm³/mol. The molecule has 0 saturated heterocycles. The first-order chi connectivity index (χ1) is 8.99. The summed E-state index contributed by atoms with van der Waals surface area (Å²) in [5, 5.41) is 5.24. The van der Waals surface area contributed by atoms with E-state index in [4.69, 9.17) is 4.74 Å². The van der Waals surface area contributed by atoms with E-state index in [1.807, 2.05) is 13.8 Å². The van der Waals surface area contributed by atoms with Crippen LogP contribution in [0.5, 0.6) is 5.75 Å². The molecule has 1 aromatic rings. The zero-order valence-electron chi connectivity index (χ0n) is 11.0. The molecule has 0 saturated carbocycles. The summed E-state index contributed by atoms with van der Waals surface area (Å²) in [6.07, 6.45) is 0. The first-order valence-corrected chi connectivity index (χ1v) is 6.08. The number of halogens is 2. The van der Waals surface area contributed by atoms with Crippen LogP contribution in [0.4, 0.5) is 13.6 Å². The highest BCUT2D eigenvalue weighted by atomic mass is 19.1. The summed E-state index contributed by atoms with van der Waals surface area (Å²) >= 11 is 0. The normalized spacial score (nSPS) is 10.4. The molecule has 0 spiro atoms. The molecule has 0 radical (unpaired) electrons. The molecule has 1 rings (SSSR count). The van der Waals surface area contributed by atoms with Crippen molar-refractivity contribution in [1.29, 1.82) is 0 Å². The van der Waals surface area contributed by atoms with E-state index >= 15 is 0 Å². The maximum atomic E-state index is 13.2. The van der Waals surface area contributed by atoms with Crippen LogP contribution in [-0.4, -0.2) is 25.7 Å². The molecule has 0 aliphatic rings. The van der Waals surface area contributed by atoms with Crippen LogP contribution in [0.3, 0.4) is 0 Å². The van der Waals surface area contributed by atoms with Crippen molar-refractivity contribution in [3.8, 4) is 5.75 Å². The van der Waals surface area contributed by atoms with Gasteiger partial charge in [-0.1, -0.05) is 13.8 Å². The summed E-state index contributed by atoms with van der Waals surface area (Å²) < 4.78 is 30.9. The Morgan fingerprint density at radius 1 is 1.32 bits per heavy atom. The van der Waals surface area contributed by atoms with Gasteiger partial charge in [0.1, 0.15) is 12.4 Å². The fourth-order valence-electron chi connectivity index (χ4n) is 1.28. The molecule has 0 atom stereocenters. The molecule has 1 aromatic carbocycles. The van der Waals surface area contributed by atoms with E-state index in [9.17, 15) is 13.6 Å². The van der Waals surface area contributed by atoms with Crippen molar-refractivity contribution >= 4 is 6.03 Å². The van der Waals surface area contributed by atoms with E-state index in [2.05, 4.69) is 10.6 Å². The van der Waals surface area contributed by atoms with Crippen LogP contribution >= 0.6 is 0 Å². The Kier molecular flexibility index (Phi) is 6.05. The fourth-order valence-corrected chi connectivity index (χ4v) is 1.28. The van der Waals surface area contributed by atoms with Crippen LogP contribution < -0.4 is 15.4 Å². The summed E-state index contributed by atoms with van der Waals surface area (Å²) in [7, 11) is 0. The molecule has 106 valence electrons. The molecule has 0 aliphatic heterocycles. The number of carbonyl (C=O) groups is 1. The quantitative estimate of drug-likeness (QED) is 0.781. The van der Waals surface area contributed by atoms with Crippen molar-refractivity contribution in [2.75, 3.05) is 19.7 Å². The SMILES string of the molecule is CC(C)CNC(=O)NCCOc1ccc(F)cc1F. The molecule has 4 nitrogen and oxygen atoms in total. The summed E-state index contributed by atoms with van der Waals surface area (Å²) in [6.45, 7) is 4.90. The topological polar surface area (TPSA) is 50.4 Å². The lowest BCUT2D eigenvalue weighted by atomic mass is 10.2. The summed E-state index contributed by atoms with van der Waals surface area (Å²) in [5.74, 6) is -1.08. The number of carbonyl (C=O) groups excluding carboxylic acids is 1. The molecule has 0 heterocycles. The zero-order chi connectivity index (χ0) is 14.3. The third-order valence-corrected chi connectivity index (χ3v) is 2.21. The summed E-state index contributed by atoms with van der Waals surface area (Å²) in [6, 6.07) is 2.78. The van der Waals surface area contributed by atoms with E-state index in [0.29, 0.717) is 12.5 Å². The van der Waals surface area contributed by atoms with E-state index in [1.165, 1.54) is 6.07 Å². The van der Waals surface area contributed by atoms with Gasteiger partial charge in [-0.2, -0.15) is 0 Å². The molecular formula is C13H18F2N2O2. The number of hydrogen-bond acceptors (Lipinski definition) is 2. The Hall–Kier alpha value is -1.85. The van der Waals surface area contributed by atoms with Gasteiger partial charge in [0.2, 0.25) is 0 Å². The van der Waals surface area contributed by atoms with E-state index in [1.54, 1.807) is 0 Å². The second-order valence-corrected chi connectivity index (χ2v) is 4.45. The van der Waals surface area contributed by atoms with Gasteiger partial charge in [-0.05, 0) is 18.1 Å². The number of benzene rings is 1. The van der Waals surface area contributed by atoms with Gasteiger partial charge in [0.05, 0.1) is 6.54 Å². The van der Waals surface area contributed by atoms with Crippen molar-refractivity contribution in [3.63, 3.8) is 0 Å². The van der Waals surface area contributed by atoms with Crippen LogP contribution in [0.15, 0.2) is 18.2 Å². The molecule has 0 aromatic heterocycles. The zero-order valence-corrected chi connectivity index (χ0v) is 11.0. The molecule has 6 heteroatoms. The van der Waals surface area contributed by atoms with Crippen molar-refractivity contribution in [2.24, 2.45) is 5.92 Å². The average molecular weight is 272 g/mol. The summed E-state index contributed by atoms with van der Waals surface area (Å²) in [4.78, 5) is 11.3. The van der Waals surface area contributed by atoms with Crippen molar-refractivity contribution in [3.05, 3.63) is 29.8 Å². The molecule has 0 bridgehead atoms. The second-order valence-electron chi connectivity index (χ2n) is 4.45. The maximum Gasteiger partial charge on any atom is 0.314 e. The van der Waals surface area contributed by atoms with Crippen LogP contribution in [0.2, 0.25) is 0 Å². The Morgan fingerprint density at radius 2 is 2.05 bits per heavy atom. The number of hydrogen-bond donors (Lipinski definition) is 2. The second kappa shape index (κ2) is 7.56. The van der Waals surface area contributed by atoms with Gasteiger partial charge in [-0.25, -0.2) is 13.6 Å². The molecule has 2 N–H and O–H groups in total. The van der Waals surface area contributed by atoms with Crippen molar-refractivity contribution in [1.82, 2.24) is 10.6 Å². The van der Waals surface area contributed by atoms with Crippen LogP contribution in [0.1, 0.15) is 13.8 Å². The highest BCUT2D eigenvalue weighted by Crippen LogP contribution is 2.17. The van der Waals surface area contributed by atoms with Crippen LogP contribution in [-0.2, 0) is 0 Å². The number of amides is 2. The summed E-state index contributed by atoms with van der Waals surface area (Å²) in [5.41, 5.74) is 0. The lowest BCUT2D eigenvalue weighted by molar-refractivity contribution is 0.234. The molecule has 0 unspecified atom stereocenters. The third kappa shape index (κ3) is 6.03. The van der Waals surface area contributed by atoms with Crippen LogP contribution in [0.25, 0.3) is 0 Å². The standard InChI is InChI=1S/C13H18F2N2O2/c1-9(2)8-17-13(18)16-5-6-19-12-4-3-10(14)7-11(12)15/h3-4,7,9H,5-6,8H2,1-2H3,(H2,16,17,18). The third-order valence-electron chi connectivity index (χ3n) is 2.21. The lowest BCUT2D eigenvalue weighted by Crippen LogP contribution is -2.39. The molecule has 0 fully saturated rings. The fraction of sp³-hybridized carbons (Fsp3) is 0.462. The Labute approximate surface area is 111 Å². The minimum absolute atomic E-state index is 0.0363. The largest absolute Gasteiger partial charge is 0.489 e. The van der Waals surface area contributed by atoms with Gasteiger partial charge in [0, 0.05) is 12.6 Å². The van der Waals surface area contributed by atoms with Gasteiger partial charge in [0.15, 0.2) is 11.6 Å². The highest BCUT2D eigenvalue weighted by Gasteiger charge is 2.05. The average Bonchev–Trinajstić information content (AvgIpc) is 2.34. The maximum absolute atomic E-state index is 13.2. The van der Waals surface area contributed by atoms with E-state index < -0.39 is 11.6 Å². The minimum Gasteiger partial charge on any atom is -0.489 e. The monoisotopic (exact) mass is 272 g/mol. The van der Waals surface area contributed by atoms with Gasteiger partial charge in [-0.15, -0.1) is 0 Å². The van der Waals surface area contributed by atoms with Crippen molar-refractivity contribution in [2.45, 2.75) is 13.8 Å². The number of urea groups is 1. The Balaban J connectivity index is 2.22. The van der Waals surface area contributed by atoms with Crippen LogP contribution in [0, 0.1) is 17.6 Å².